The molecule has 1 fully saturated rings. The number of benzene rings is 2. The predicted octanol–water partition coefficient (Wildman–Crippen LogP) is 4.21. The Kier molecular flexibility index (Phi) is 5.39. The molecule has 0 spiro atoms. The number of nitrogens with zero attached hydrogens (tertiary/aromatic N) is 2. The van der Waals surface area contributed by atoms with Crippen molar-refractivity contribution in [3.63, 3.8) is 0 Å². The molecule has 6 nitrogen and oxygen atoms in total. The number of carbonyl (C=O) groups excluding carboxylic acids is 1. The van der Waals surface area contributed by atoms with Crippen LogP contribution in [0.2, 0.25) is 0 Å². The predicted molar refractivity (Wildman–Crippen MR) is 110 cm³/mol. The largest absolute Gasteiger partial charge is 0.444 e. The Hall–Kier alpha value is -1.97. The summed E-state index contributed by atoms with van der Waals surface area (Å²) in [6.07, 6.45) is 0.526. The zero-order valence-electron chi connectivity index (χ0n) is 15.8. The van der Waals surface area contributed by atoms with E-state index in [4.69, 9.17) is 4.74 Å². The van der Waals surface area contributed by atoms with Gasteiger partial charge in [-0.25, -0.2) is 17.6 Å². The molecule has 0 radical (unpaired) electrons. The number of ether oxygens (including phenoxy) is 1. The molecule has 2 aliphatic rings. The Morgan fingerprint density at radius 2 is 1.86 bits per heavy atom. The molecule has 29 heavy (non-hydrogen) atoms. The van der Waals surface area contributed by atoms with Crippen LogP contribution >= 0.6 is 15.9 Å². The number of anilines is 1. The highest BCUT2D eigenvalue weighted by atomic mass is 79.9. The highest BCUT2D eigenvalue weighted by Gasteiger charge is 2.37. The number of fused-ring (bicyclic) bond motifs is 1. The number of aryl methyl sites for hydroxylation is 1. The van der Waals surface area contributed by atoms with Crippen LogP contribution in [0.3, 0.4) is 0 Å². The average molecular weight is 483 g/mol. The summed E-state index contributed by atoms with van der Waals surface area (Å²) in [4.78, 5) is 14.1. The first-order chi connectivity index (χ1) is 13.8. The van der Waals surface area contributed by atoms with Gasteiger partial charge in [-0.3, -0.25) is 4.90 Å². The van der Waals surface area contributed by atoms with Gasteiger partial charge in [0.25, 0.3) is 0 Å². The van der Waals surface area contributed by atoms with E-state index in [0.29, 0.717) is 18.4 Å². The Labute approximate surface area is 177 Å². The van der Waals surface area contributed by atoms with Crippen molar-refractivity contribution in [3.05, 3.63) is 57.8 Å². The molecule has 2 aliphatic heterocycles. The zero-order valence-corrected chi connectivity index (χ0v) is 18.2. The molecule has 154 valence electrons. The summed E-state index contributed by atoms with van der Waals surface area (Å²) in [6, 6.07) is 9.28. The third-order valence-corrected chi connectivity index (χ3v) is 7.94. The molecule has 4 rings (SSSR count). The second-order valence-electron chi connectivity index (χ2n) is 7.24. The van der Waals surface area contributed by atoms with Gasteiger partial charge >= 0.3 is 6.09 Å². The summed E-state index contributed by atoms with van der Waals surface area (Å²) in [5, 5.41) is 0. The topological polar surface area (TPSA) is 66.9 Å². The second kappa shape index (κ2) is 7.70. The molecular formula is C20H20BrFN2O4S. The third kappa shape index (κ3) is 3.78. The fourth-order valence-electron chi connectivity index (χ4n) is 3.89. The third-order valence-electron chi connectivity index (χ3n) is 5.41. The van der Waals surface area contributed by atoms with Crippen molar-refractivity contribution in [3.8, 4) is 0 Å². The minimum atomic E-state index is -3.80. The van der Waals surface area contributed by atoms with Crippen molar-refractivity contribution in [2.75, 3.05) is 18.0 Å². The van der Waals surface area contributed by atoms with Crippen LogP contribution in [0.25, 0.3) is 0 Å². The summed E-state index contributed by atoms with van der Waals surface area (Å²) in [7, 11) is -3.80. The van der Waals surface area contributed by atoms with Crippen molar-refractivity contribution in [2.45, 2.75) is 37.3 Å². The van der Waals surface area contributed by atoms with E-state index in [9.17, 15) is 17.6 Å². The van der Waals surface area contributed by atoms with Crippen LogP contribution < -0.4 is 4.90 Å². The van der Waals surface area contributed by atoms with E-state index in [-0.39, 0.29) is 30.6 Å². The first-order valence-corrected chi connectivity index (χ1v) is 11.5. The standard InChI is InChI=1S/C20H20BrFN2O4S/c1-13-2-4-16(22)11-19(13)29(26,27)23-8-6-17(7-9-23)24-18-5-3-15(21)10-14(18)12-28-20(24)25/h2-5,10-11,17H,6-9,12H2,1H3. The normalized spacial score (nSPS) is 18.4. The molecule has 2 heterocycles. The van der Waals surface area contributed by atoms with Crippen LogP contribution in [0, 0.1) is 12.7 Å². The molecule has 1 saturated heterocycles. The SMILES string of the molecule is Cc1ccc(F)cc1S(=O)(=O)N1CCC(N2C(=O)OCc3cc(Br)ccc32)CC1. The van der Waals surface area contributed by atoms with Crippen LogP contribution in [0.15, 0.2) is 45.8 Å². The molecule has 1 amide bonds. The average Bonchev–Trinajstić information content (AvgIpc) is 2.70. The van der Waals surface area contributed by atoms with E-state index in [1.807, 2.05) is 18.2 Å². The van der Waals surface area contributed by atoms with Crippen molar-refractivity contribution in [2.24, 2.45) is 0 Å². The fraction of sp³-hybridized carbons (Fsp3) is 0.350. The molecule has 0 N–H and O–H groups in total. The van der Waals surface area contributed by atoms with Gasteiger partial charge in [0, 0.05) is 29.2 Å². The smallest absolute Gasteiger partial charge is 0.414 e. The van der Waals surface area contributed by atoms with E-state index in [1.165, 1.54) is 16.4 Å². The van der Waals surface area contributed by atoms with Crippen LogP contribution in [-0.2, 0) is 21.4 Å². The molecule has 0 aliphatic carbocycles. The highest BCUT2D eigenvalue weighted by molar-refractivity contribution is 9.10. The van der Waals surface area contributed by atoms with Crippen LogP contribution in [0.5, 0.6) is 0 Å². The summed E-state index contributed by atoms with van der Waals surface area (Å²) in [5.74, 6) is -0.581. The summed E-state index contributed by atoms with van der Waals surface area (Å²) in [6.45, 7) is 2.37. The van der Waals surface area contributed by atoms with E-state index in [0.717, 1.165) is 21.8 Å². The van der Waals surface area contributed by atoms with E-state index in [2.05, 4.69) is 15.9 Å². The van der Waals surface area contributed by atoms with Crippen LogP contribution in [-0.4, -0.2) is 37.9 Å². The Morgan fingerprint density at radius 3 is 2.59 bits per heavy atom. The fourth-order valence-corrected chi connectivity index (χ4v) is 6.00. The Balaban J connectivity index is 1.54. The maximum Gasteiger partial charge on any atom is 0.414 e. The van der Waals surface area contributed by atoms with Gasteiger partial charge in [0.2, 0.25) is 10.0 Å². The number of piperidine rings is 1. The van der Waals surface area contributed by atoms with Gasteiger partial charge in [-0.1, -0.05) is 22.0 Å². The number of sulfonamides is 1. The molecule has 0 bridgehead atoms. The van der Waals surface area contributed by atoms with Gasteiger partial charge in [0.05, 0.1) is 10.6 Å². The molecular weight excluding hydrogens is 463 g/mol. The van der Waals surface area contributed by atoms with Gasteiger partial charge < -0.3 is 4.74 Å². The Bertz CT molecular complexity index is 1070. The summed E-state index contributed by atoms with van der Waals surface area (Å²) < 4.78 is 47.2. The van der Waals surface area contributed by atoms with Crippen molar-refractivity contribution in [1.82, 2.24) is 4.31 Å². The molecule has 2 aromatic rings. The van der Waals surface area contributed by atoms with Gasteiger partial charge in [0.1, 0.15) is 12.4 Å². The number of hydrogen-bond donors (Lipinski definition) is 0. The lowest BCUT2D eigenvalue weighted by atomic mass is 10.0. The van der Waals surface area contributed by atoms with Crippen molar-refractivity contribution in [1.29, 1.82) is 0 Å². The zero-order chi connectivity index (χ0) is 20.8. The van der Waals surface area contributed by atoms with Gasteiger partial charge in [-0.2, -0.15) is 4.31 Å². The maximum atomic E-state index is 13.6. The first-order valence-electron chi connectivity index (χ1n) is 9.28. The second-order valence-corrected chi connectivity index (χ2v) is 10.1. The lowest BCUT2D eigenvalue weighted by Crippen LogP contribution is -2.50. The highest BCUT2D eigenvalue weighted by Crippen LogP contribution is 2.34. The van der Waals surface area contributed by atoms with E-state index < -0.39 is 21.9 Å². The molecule has 0 atom stereocenters. The number of cyclic esters (lactones) is 1. The number of halogens is 2. The quantitative estimate of drug-likeness (QED) is 0.657. The van der Waals surface area contributed by atoms with Gasteiger partial charge in [-0.05, 0) is 55.7 Å². The minimum absolute atomic E-state index is 0.0106. The van der Waals surface area contributed by atoms with E-state index >= 15 is 0 Å². The van der Waals surface area contributed by atoms with Crippen LogP contribution in [0.1, 0.15) is 24.0 Å². The Morgan fingerprint density at radius 1 is 1.14 bits per heavy atom. The van der Waals surface area contributed by atoms with Crippen molar-refractivity contribution < 1.29 is 22.3 Å². The number of hydrogen-bond acceptors (Lipinski definition) is 4. The monoisotopic (exact) mass is 482 g/mol. The van der Waals surface area contributed by atoms with Crippen molar-refractivity contribution >= 4 is 37.7 Å². The molecule has 0 unspecified atom stereocenters. The first kappa shape index (κ1) is 20.3. The summed E-state index contributed by atoms with van der Waals surface area (Å²) >= 11 is 3.43. The minimum Gasteiger partial charge on any atom is -0.444 e. The van der Waals surface area contributed by atoms with Gasteiger partial charge in [-0.15, -0.1) is 0 Å². The number of carbonyl (C=O) groups is 1. The summed E-state index contributed by atoms with van der Waals surface area (Å²) in [5.41, 5.74) is 2.21. The van der Waals surface area contributed by atoms with Crippen LogP contribution in [0.4, 0.5) is 14.9 Å². The maximum absolute atomic E-state index is 13.6. The molecule has 2 aromatic carbocycles. The van der Waals surface area contributed by atoms with Gasteiger partial charge in [0.15, 0.2) is 0 Å². The number of amides is 1. The molecule has 0 saturated carbocycles. The lowest BCUT2D eigenvalue weighted by molar-refractivity contribution is 0.135. The lowest BCUT2D eigenvalue weighted by Gasteiger charge is -2.39. The number of rotatable bonds is 3. The molecule has 0 aromatic heterocycles. The molecule has 9 heteroatoms. The van der Waals surface area contributed by atoms with E-state index in [1.54, 1.807) is 11.8 Å².